The molecule has 1 atom stereocenters. The molecule has 1 heterocycles. The Morgan fingerprint density at radius 1 is 1.30 bits per heavy atom. The number of sulfone groups is 1. The number of nitrogens with one attached hydrogen (secondary N) is 2. The van der Waals surface area contributed by atoms with Crippen molar-refractivity contribution in [1.82, 2.24) is 10.3 Å². The van der Waals surface area contributed by atoms with E-state index in [1.807, 2.05) is 0 Å². The third-order valence-electron chi connectivity index (χ3n) is 3.06. The smallest absolute Gasteiger partial charge is 0.370 e. The first kappa shape index (κ1) is 19.2. The molecule has 1 aromatic heterocycles. The minimum atomic E-state index is -4.42. The second-order valence-electron chi connectivity index (χ2n) is 4.97. The van der Waals surface area contributed by atoms with E-state index in [0.717, 1.165) is 18.5 Å². The van der Waals surface area contributed by atoms with Crippen LogP contribution in [0.25, 0.3) is 0 Å². The molecule has 0 fully saturated rings. The minimum Gasteiger partial charge on any atom is -0.370 e. The molecule has 6 nitrogen and oxygen atoms in total. The van der Waals surface area contributed by atoms with Crippen LogP contribution in [-0.4, -0.2) is 43.9 Å². The molecular formula is C13H18F3N3O3S. The lowest BCUT2D eigenvalue weighted by Gasteiger charge is -2.11. The van der Waals surface area contributed by atoms with Crippen molar-refractivity contribution in [3.8, 4) is 0 Å². The molecule has 2 N–H and O–H groups in total. The van der Waals surface area contributed by atoms with Gasteiger partial charge in [0.15, 0.2) is 9.84 Å². The van der Waals surface area contributed by atoms with E-state index in [1.54, 1.807) is 0 Å². The zero-order valence-electron chi connectivity index (χ0n) is 12.6. The number of halogens is 3. The zero-order chi connectivity index (χ0) is 17.7. The summed E-state index contributed by atoms with van der Waals surface area (Å²) in [6, 6.07) is 2.14. The maximum atomic E-state index is 12.4. The third kappa shape index (κ3) is 6.43. The van der Waals surface area contributed by atoms with Gasteiger partial charge in [0.1, 0.15) is 11.1 Å². The number of nitrogens with zero attached hydrogens (tertiary/aromatic N) is 1. The van der Waals surface area contributed by atoms with Crippen molar-refractivity contribution in [1.29, 1.82) is 0 Å². The van der Waals surface area contributed by atoms with Gasteiger partial charge in [-0.1, -0.05) is 0 Å². The number of rotatable bonds is 7. The number of carbonyl (C=O) groups is 1. The molecule has 0 saturated carbocycles. The Hall–Kier alpha value is -1.84. The highest BCUT2D eigenvalue weighted by Gasteiger charge is 2.30. The van der Waals surface area contributed by atoms with Crippen molar-refractivity contribution in [3.05, 3.63) is 23.9 Å². The Morgan fingerprint density at radius 2 is 1.96 bits per heavy atom. The monoisotopic (exact) mass is 353 g/mol. The number of alkyl halides is 3. The van der Waals surface area contributed by atoms with Crippen LogP contribution in [0.1, 0.15) is 18.9 Å². The fraction of sp³-hybridized carbons (Fsp3) is 0.538. The quantitative estimate of drug-likeness (QED) is 0.725. The third-order valence-corrected chi connectivity index (χ3v) is 4.56. The summed E-state index contributed by atoms with van der Waals surface area (Å²) in [4.78, 5) is 15.2. The molecule has 0 aliphatic carbocycles. The molecule has 23 heavy (non-hydrogen) atoms. The second-order valence-corrected chi connectivity index (χ2v) is 7.34. The molecule has 1 aromatic rings. The maximum absolute atomic E-state index is 12.4. The van der Waals surface area contributed by atoms with E-state index in [1.165, 1.54) is 13.0 Å². The van der Waals surface area contributed by atoms with Gasteiger partial charge in [0.05, 0.1) is 5.56 Å². The molecule has 0 radical (unpaired) electrons. The molecule has 0 aliphatic heterocycles. The van der Waals surface area contributed by atoms with Crippen molar-refractivity contribution in [2.75, 3.05) is 24.7 Å². The lowest BCUT2D eigenvalue weighted by Crippen LogP contribution is -2.38. The Balaban J connectivity index is 2.32. The van der Waals surface area contributed by atoms with E-state index in [9.17, 15) is 26.4 Å². The van der Waals surface area contributed by atoms with Gasteiger partial charge in [0.2, 0.25) is 5.91 Å². The van der Waals surface area contributed by atoms with Crippen LogP contribution in [0.3, 0.4) is 0 Å². The lowest BCUT2D eigenvalue weighted by molar-refractivity contribution is -0.137. The van der Waals surface area contributed by atoms with Gasteiger partial charge < -0.3 is 10.6 Å². The summed E-state index contributed by atoms with van der Waals surface area (Å²) in [7, 11) is -3.43. The summed E-state index contributed by atoms with van der Waals surface area (Å²) in [6.45, 7) is 1.91. The molecular weight excluding hydrogens is 335 g/mol. The van der Waals surface area contributed by atoms with Crippen LogP contribution in [-0.2, 0) is 20.8 Å². The lowest BCUT2D eigenvalue weighted by atomic mass is 10.3. The number of hydrogen-bond acceptors (Lipinski definition) is 5. The van der Waals surface area contributed by atoms with Crippen LogP contribution >= 0.6 is 0 Å². The molecule has 0 saturated heterocycles. The van der Waals surface area contributed by atoms with Gasteiger partial charge in [-0.2, -0.15) is 13.2 Å². The van der Waals surface area contributed by atoms with Gasteiger partial charge >= 0.3 is 6.18 Å². The average Bonchev–Trinajstić information content (AvgIpc) is 2.44. The minimum absolute atomic E-state index is 0.242. The highest BCUT2D eigenvalue weighted by Crippen LogP contribution is 2.28. The summed E-state index contributed by atoms with van der Waals surface area (Å²) >= 11 is 0. The SMILES string of the molecule is C[C@@H](C(=O)NCCCNc1ccc(C(F)(F)F)cn1)S(C)(=O)=O. The van der Waals surface area contributed by atoms with Crippen molar-refractivity contribution in [2.45, 2.75) is 24.8 Å². The predicted molar refractivity (Wildman–Crippen MR) is 79.7 cm³/mol. The van der Waals surface area contributed by atoms with E-state index < -0.39 is 32.7 Å². The summed E-state index contributed by atoms with van der Waals surface area (Å²) in [6.07, 6.45) is -2.25. The van der Waals surface area contributed by atoms with Crippen LogP contribution in [0.2, 0.25) is 0 Å². The van der Waals surface area contributed by atoms with E-state index in [2.05, 4.69) is 15.6 Å². The Kier molecular flexibility index (Phi) is 6.37. The van der Waals surface area contributed by atoms with Crippen molar-refractivity contribution in [2.24, 2.45) is 0 Å². The average molecular weight is 353 g/mol. The number of carbonyl (C=O) groups excluding carboxylic acids is 1. The number of hydrogen-bond donors (Lipinski definition) is 2. The Morgan fingerprint density at radius 3 is 2.43 bits per heavy atom. The number of aromatic nitrogens is 1. The molecule has 10 heteroatoms. The fourth-order valence-electron chi connectivity index (χ4n) is 1.52. The molecule has 0 aliphatic rings. The van der Waals surface area contributed by atoms with E-state index in [0.29, 0.717) is 13.0 Å². The fourth-order valence-corrected chi connectivity index (χ4v) is 1.99. The molecule has 0 unspecified atom stereocenters. The van der Waals surface area contributed by atoms with Crippen LogP contribution < -0.4 is 10.6 Å². The standard InChI is InChI=1S/C13H18F3N3O3S/c1-9(23(2,21)22)12(20)18-7-3-6-17-11-5-4-10(8-19-11)13(14,15)16/h4-5,8-9H,3,6-7H2,1-2H3,(H,17,19)(H,18,20)/t9-/m0/s1. The van der Waals surface area contributed by atoms with Crippen LogP contribution in [0.15, 0.2) is 18.3 Å². The molecule has 0 bridgehead atoms. The first-order chi connectivity index (χ1) is 10.5. The van der Waals surface area contributed by atoms with Crippen molar-refractivity contribution >= 4 is 21.6 Å². The zero-order valence-corrected chi connectivity index (χ0v) is 13.5. The van der Waals surface area contributed by atoms with E-state index in [4.69, 9.17) is 0 Å². The molecule has 1 rings (SSSR count). The van der Waals surface area contributed by atoms with Crippen LogP contribution in [0.5, 0.6) is 0 Å². The molecule has 1 amide bonds. The van der Waals surface area contributed by atoms with Gasteiger partial charge in [0.25, 0.3) is 0 Å². The van der Waals surface area contributed by atoms with E-state index in [-0.39, 0.29) is 12.4 Å². The second kappa shape index (κ2) is 7.62. The first-order valence-electron chi connectivity index (χ1n) is 6.75. The van der Waals surface area contributed by atoms with Gasteiger partial charge in [-0.05, 0) is 25.5 Å². The summed E-state index contributed by atoms with van der Waals surface area (Å²) in [5.74, 6) is -0.297. The van der Waals surface area contributed by atoms with Crippen molar-refractivity contribution < 1.29 is 26.4 Å². The summed E-state index contributed by atoms with van der Waals surface area (Å²) in [5.41, 5.74) is -0.829. The topological polar surface area (TPSA) is 88.2 Å². The van der Waals surface area contributed by atoms with Gasteiger partial charge in [0, 0.05) is 25.5 Å². The summed E-state index contributed by atoms with van der Waals surface area (Å²) in [5, 5.41) is 4.17. The van der Waals surface area contributed by atoms with Gasteiger partial charge in [-0.25, -0.2) is 13.4 Å². The largest absolute Gasteiger partial charge is 0.417 e. The van der Waals surface area contributed by atoms with Crippen LogP contribution in [0, 0.1) is 0 Å². The molecule has 130 valence electrons. The predicted octanol–water partition coefficient (Wildman–Crippen LogP) is 1.45. The normalized spacial score (nSPS) is 13.4. The van der Waals surface area contributed by atoms with Gasteiger partial charge in [-0.15, -0.1) is 0 Å². The van der Waals surface area contributed by atoms with E-state index >= 15 is 0 Å². The summed E-state index contributed by atoms with van der Waals surface area (Å²) < 4.78 is 59.4. The van der Waals surface area contributed by atoms with Crippen molar-refractivity contribution in [3.63, 3.8) is 0 Å². The first-order valence-corrected chi connectivity index (χ1v) is 8.71. The van der Waals surface area contributed by atoms with Gasteiger partial charge in [-0.3, -0.25) is 4.79 Å². The number of amides is 1. The maximum Gasteiger partial charge on any atom is 0.417 e. The molecule has 0 spiro atoms. The highest BCUT2D eigenvalue weighted by atomic mass is 32.2. The number of anilines is 1. The highest BCUT2D eigenvalue weighted by molar-refractivity contribution is 7.92. The van der Waals surface area contributed by atoms with Crippen LogP contribution in [0.4, 0.5) is 19.0 Å². The Bertz CT molecular complexity index is 630. The molecule has 0 aromatic carbocycles. The number of pyridine rings is 1. The Labute approximate surface area is 132 Å².